The highest BCUT2D eigenvalue weighted by atomic mass is 32.2. The Hall–Kier alpha value is -3.79. The van der Waals surface area contributed by atoms with E-state index in [0.29, 0.717) is 11.3 Å². The standard InChI is InChI=1S/C28H28F2N2O5S/c1-3-22-23(9-11-25(26(22)30)38(2,35)36)28(34)32-14-15-37-24-10-8-20(16-21(24)17-32)18-4-6-19(7-5-18)27(33)31-13-12-29/h4-11,16H,3,12-15,17H2,1-2H3,(H,31,33). The smallest absolute Gasteiger partial charge is 0.254 e. The number of halogens is 2. The maximum Gasteiger partial charge on any atom is 0.254 e. The molecule has 0 aromatic heterocycles. The Kier molecular flexibility index (Phi) is 8.11. The molecule has 200 valence electrons. The Labute approximate surface area is 220 Å². The zero-order chi connectivity index (χ0) is 27.4. The maximum absolute atomic E-state index is 15.0. The third-order valence-electron chi connectivity index (χ3n) is 6.38. The van der Waals surface area contributed by atoms with Gasteiger partial charge in [-0.1, -0.05) is 25.1 Å². The molecule has 0 fully saturated rings. The Bertz CT molecular complexity index is 1470. The largest absolute Gasteiger partial charge is 0.491 e. The Morgan fingerprint density at radius 1 is 1.05 bits per heavy atom. The van der Waals surface area contributed by atoms with Crippen molar-refractivity contribution in [3.8, 4) is 16.9 Å². The van der Waals surface area contributed by atoms with Gasteiger partial charge >= 0.3 is 0 Å². The van der Waals surface area contributed by atoms with E-state index in [4.69, 9.17) is 4.74 Å². The average Bonchev–Trinajstić information content (AvgIpc) is 3.12. The number of sulfone groups is 1. The molecule has 4 rings (SSSR count). The number of benzene rings is 3. The Morgan fingerprint density at radius 2 is 1.76 bits per heavy atom. The molecule has 38 heavy (non-hydrogen) atoms. The summed E-state index contributed by atoms with van der Waals surface area (Å²) >= 11 is 0. The Balaban J connectivity index is 1.60. The van der Waals surface area contributed by atoms with Gasteiger partial charge in [0.25, 0.3) is 11.8 Å². The van der Waals surface area contributed by atoms with Gasteiger partial charge in [0.2, 0.25) is 0 Å². The molecule has 10 heteroatoms. The minimum Gasteiger partial charge on any atom is -0.491 e. The molecule has 1 heterocycles. The zero-order valence-corrected chi connectivity index (χ0v) is 21.9. The zero-order valence-electron chi connectivity index (χ0n) is 21.1. The normalized spacial score (nSPS) is 13.3. The number of rotatable bonds is 7. The van der Waals surface area contributed by atoms with Crippen molar-refractivity contribution >= 4 is 21.7 Å². The molecule has 0 unspecified atom stereocenters. The fourth-order valence-electron chi connectivity index (χ4n) is 4.43. The highest BCUT2D eigenvalue weighted by Gasteiger charge is 2.27. The molecular formula is C28H28F2N2O5S. The van der Waals surface area contributed by atoms with Gasteiger partial charge in [-0.15, -0.1) is 0 Å². The summed E-state index contributed by atoms with van der Waals surface area (Å²) in [6.45, 7) is 1.71. The van der Waals surface area contributed by atoms with Gasteiger partial charge < -0.3 is 15.0 Å². The van der Waals surface area contributed by atoms with E-state index in [1.807, 2.05) is 18.2 Å². The van der Waals surface area contributed by atoms with Gasteiger partial charge in [-0.3, -0.25) is 9.59 Å². The van der Waals surface area contributed by atoms with E-state index in [2.05, 4.69) is 5.32 Å². The third-order valence-corrected chi connectivity index (χ3v) is 7.49. The first kappa shape index (κ1) is 27.3. The lowest BCUT2D eigenvalue weighted by Crippen LogP contribution is -2.33. The van der Waals surface area contributed by atoms with Crippen LogP contribution in [0.5, 0.6) is 5.75 Å². The lowest BCUT2D eigenvalue weighted by atomic mass is 10.00. The third kappa shape index (κ3) is 5.70. The predicted octanol–water partition coefficient (Wildman–Crippen LogP) is 4.19. The number of nitrogens with one attached hydrogen (secondary N) is 1. The first-order valence-electron chi connectivity index (χ1n) is 12.1. The number of carbonyl (C=O) groups is 2. The average molecular weight is 543 g/mol. The molecular weight excluding hydrogens is 514 g/mol. The lowest BCUT2D eigenvalue weighted by molar-refractivity contribution is 0.0731. The molecule has 0 radical (unpaired) electrons. The van der Waals surface area contributed by atoms with Gasteiger partial charge in [0.15, 0.2) is 9.84 Å². The van der Waals surface area contributed by atoms with Crippen LogP contribution in [0.25, 0.3) is 11.1 Å². The molecule has 2 amide bonds. The molecule has 3 aromatic carbocycles. The Morgan fingerprint density at radius 3 is 2.42 bits per heavy atom. The number of fused-ring (bicyclic) bond motifs is 1. The van der Waals surface area contributed by atoms with Crippen molar-refractivity contribution in [1.29, 1.82) is 0 Å². The molecule has 0 spiro atoms. The summed E-state index contributed by atoms with van der Waals surface area (Å²) in [6, 6.07) is 15.0. The SMILES string of the molecule is CCc1c(C(=O)N2CCOc3ccc(-c4ccc(C(=O)NCCF)cc4)cc3C2)ccc(S(C)(=O)=O)c1F. The molecule has 1 N–H and O–H groups in total. The van der Waals surface area contributed by atoms with E-state index in [0.717, 1.165) is 29.0 Å². The molecule has 0 saturated heterocycles. The van der Waals surface area contributed by atoms with Crippen LogP contribution < -0.4 is 10.1 Å². The van der Waals surface area contributed by atoms with Crippen molar-refractivity contribution in [3.63, 3.8) is 0 Å². The van der Waals surface area contributed by atoms with E-state index < -0.39 is 33.1 Å². The summed E-state index contributed by atoms with van der Waals surface area (Å²) in [7, 11) is -3.78. The van der Waals surface area contributed by atoms with Crippen LogP contribution in [0.3, 0.4) is 0 Å². The topological polar surface area (TPSA) is 92.8 Å². The van der Waals surface area contributed by atoms with Crippen LogP contribution in [0.1, 0.15) is 38.8 Å². The fraction of sp³-hybridized carbons (Fsp3) is 0.286. The predicted molar refractivity (Wildman–Crippen MR) is 139 cm³/mol. The van der Waals surface area contributed by atoms with Gasteiger partial charge in [-0.25, -0.2) is 17.2 Å². The van der Waals surface area contributed by atoms with Crippen molar-refractivity contribution in [3.05, 3.63) is 82.7 Å². The summed E-state index contributed by atoms with van der Waals surface area (Å²) < 4.78 is 57.1. The van der Waals surface area contributed by atoms with Crippen molar-refractivity contribution in [2.45, 2.75) is 24.8 Å². The van der Waals surface area contributed by atoms with E-state index in [1.165, 1.54) is 6.07 Å². The van der Waals surface area contributed by atoms with Crippen molar-refractivity contribution in [1.82, 2.24) is 10.2 Å². The van der Waals surface area contributed by atoms with Crippen LogP contribution in [-0.2, 0) is 22.8 Å². The number of ether oxygens (including phenoxy) is 1. The first-order valence-corrected chi connectivity index (χ1v) is 14.0. The van der Waals surface area contributed by atoms with Gasteiger partial charge in [-0.2, -0.15) is 0 Å². The van der Waals surface area contributed by atoms with Gasteiger partial charge in [0.05, 0.1) is 6.54 Å². The maximum atomic E-state index is 15.0. The van der Waals surface area contributed by atoms with Crippen LogP contribution in [0.15, 0.2) is 59.5 Å². The van der Waals surface area contributed by atoms with Crippen molar-refractivity contribution in [2.24, 2.45) is 0 Å². The van der Waals surface area contributed by atoms with Crippen LogP contribution in [-0.4, -0.2) is 57.8 Å². The van der Waals surface area contributed by atoms with Crippen LogP contribution in [0.4, 0.5) is 8.78 Å². The second-order valence-corrected chi connectivity index (χ2v) is 10.9. The van der Waals surface area contributed by atoms with Crippen molar-refractivity contribution in [2.75, 3.05) is 32.6 Å². The van der Waals surface area contributed by atoms with E-state index in [-0.39, 0.29) is 49.7 Å². The van der Waals surface area contributed by atoms with Crippen LogP contribution in [0, 0.1) is 5.82 Å². The van der Waals surface area contributed by atoms with Crippen LogP contribution in [0.2, 0.25) is 0 Å². The lowest BCUT2D eigenvalue weighted by Gasteiger charge is -2.22. The monoisotopic (exact) mass is 542 g/mol. The van der Waals surface area contributed by atoms with Crippen molar-refractivity contribution < 1.29 is 31.5 Å². The summed E-state index contributed by atoms with van der Waals surface area (Å²) in [5.74, 6) is -1.03. The van der Waals surface area contributed by atoms with E-state index in [9.17, 15) is 22.4 Å². The molecule has 3 aromatic rings. The van der Waals surface area contributed by atoms with Gasteiger partial charge in [0.1, 0.15) is 29.7 Å². The quantitative estimate of drug-likeness (QED) is 0.483. The molecule has 0 aliphatic carbocycles. The molecule has 1 aliphatic rings. The van der Waals surface area contributed by atoms with E-state index in [1.54, 1.807) is 36.1 Å². The molecule has 0 saturated carbocycles. The second-order valence-electron chi connectivity index (χ2n) is 8.95. The number of amides is 2. The highest BCUT2D eigenvalue weighted by Crippen LogP contribution is 2.31. The summed E-state index contributed by atoms with van der Waals surface area (Å²) in [6.07, 6.45) is 1.09. The molecule has 1 aliphatic heterocycles. The van der Waals surface area contributed by atoms with E-state index >= 15 is 4.39 Å². The first-order chi connectivity index (χ1) is 18.1. The van der Waals surface area contributed by atoms with Gasteiger partial charge in [0, 0.05) is 41.6 Å². The molecule has 7 nitrogen and oxygen atoms in total. The summed E-state index contributed by atoms with van der Waals surface area (Å²) in [5.41, 5.74) is 3.03. The molecule has 0 bridgehead atoms. The highest BCUT2D eigenvalue weighted by molar-refractivity contribution is 7.90. The summed E-state index contributed by atoms with van der Waals surface area (Å²) in [5, 5.41) is 2.49. The fourth-order valence-corrected chi connectivity index (χ4v) is 5.19. The minimum absolute atomic E-state index is 0.0468. The second kappa shape index (κ2) is 11.3. The number of hydrogen-bond acceptors (Lipinski definition) is 5. The summed E-state index contributed by atoms with van der Waals surface area (Å²) in [4.78, 5) is 26.7. The number of hydrogen-bond donors (Lipinski definition) is 1. The number of carbonyl (C=O) groups excluding carboxylic acids is 2. The molecule has 0 atom stereocenters. The van der Waals surface area contributed by atoms with Crippen LogP contribution >= 0.6 is 0 Å². The minimum atomic E-state index is -3.78. The number of nitrogens with zero attached hydrogens (tertiary/aromatic N) is 1. The number of alkyl halides is 1. The van der Waals surface area contributed by atoms with Gasteiger partial charge in [-0.05, 0) is 53.9 Å².